The van der Waals surface area contributed by atoms with Crippen LogP contribution in [0.2, 0.25) is 0 Å². The van der Waals surface area contributed by atoms with E-state index in [1.54, 1.807) is 31.2 Å². The van der Waals surface area contributed by atoms with Gasteiger partial charge in [-0.05, 0) is 55.7 Å². The summed E-state index contributed by atoms with van der Waals surface area (Å²) in [7, 11) is 1.43. The molecule has 0 aliphatic carbocycles. The molecule has 1 saturated heterocycles. The zero-order chi connectivity index (χ0) is 27.1. The molecule has 0 aromatic heterocycles. The Balaban J connectivity index is 1.97. The van der Waals surface area contributed by atoms with E-state index in [9.17, 15) is 27.9 Å². The second kappa shape index (κ2) is 9.65. The molecule has 3 aromatic rings. The van der Waals surface area contributed by atoms with Gasteiger partial charge in [0.05, 0.1) is 24.3 Å². The van der Waals surface area contributed by atoms with Crippen LogP contribution in [0.4, 0.5) is 18.9 Å². The van der Waals surface area contributed by atoms with Gasteiger partial charge in [0, 0.05) is 11.8 Å². The molecule has 1 unspecified atom stereocenters. The van der Waals surface area contributed by atoms with Crippen LogP contribution in [0, 0.1) is 20.8 Å². The monoisotopic (exact) mass is 511 g/mol. The van der Waals surface area contributed by atoms with E-state index in [0.717, 1.165) is 28.2 Å². The number of ether oxygens (including phenoxy) is 2. The number of aryl methyl sites for hydroxylation is 3. The van der Waals surface area contributed by atoms with Crippen molar-refractivity contribution in [3.63, 3.8) is 0 Å². The largest absolute Gasteiger partial charge is 0.573 e. The quantitative estimate of drug-likeness (QED) is 0.253. The number of methoxy groups -OCH3 is 1. The molecular weight excluding hydrogens is 487 g/mol. The average Bonchev–Trinajstić information content (AvgIpc) is 3.08. The Morgan fingerprint density at radius 1 is 0.946 bits per heavy atom. The zero-order valence-corrected chi connectivity index (χ0v) is 20.5. The van der Waals surface area contributed by atoms with Gasteiger partial charge in [0.1, 0.15) is 17.3 Å². The minimum absolute atomic E-state index is 0.00166. The van der Waals surface area contributed by atoms with Crippen LogP contribution in [0.15, 0.2) is 66.2 Å². The van der Waals surface area contributed by atoms with Gasteiger partial charge in [0.2, 0.25) is 0 Å². The van der Waals surface area contributed by atoms with Crippen molar-refractivity contribution in [1.82, 2.24) is 0 Å². The predicted octanol–water partition coefficient (Wildman–Crippen LogP) is 6.15. The van der Waals surface area contributed by atoms with E-state index in [0.29, 0.717) is 16.9 Å². The normalized spacial score (nSPS) is 17.3. The van der Waals surface area contributed by atoms with Crippen molar-refractivity contribution in [1.29, 1.82) is 0 Å². The van der Waals surface area contributed by atoms with E-state index in [1.165, 1.54) is 19.2 Å². The fourth-order valence-electron chi connectivity index (χ4n) is 4.63. The molecule has 4 rings (SSSR count). The summed E-state index contributed by atoms with van der Waals surface area (Å²) in [6, 6.07) is 14.1. The first kappa shape index (κ1) is 25.8. The number of anilines is 1. The van der Waals surface area contributed by atoms with Crippen molar-refractivity contribution in [2.75, 3.05) is 12.0 Å². The first-order valence-corrected chi connectivity index (χ1v) is 11.3. The minimum Gasteiger partial charge on any atom is -0.507 e. The molecule has 0 saturated carbocycles. The van der Waals surface area contributed by atoms with Crippen LogP contribution in [0.1, 0.15) is 33.9 Å². The standard InChI is InChI=1S/C28H24F3NO5/c1-15-7-5-8-18(12-15)23-22(24(33)21-13-16(2)11-17(3)26(21)36-4)25(34)27(35)32(23)19-9-6-10-20(14-19)37-28(29,30)31/h5-14,23,33H,1-4H3/b24-22+. The molecule has 1 amide bonds. The topological polar surface area (TPSA) is 76.1 Å². The average molecular weight is 511 g/mol. The van der Waals surface area contributed by atoms with E-state index in [2.05, 4.69) is 4.74 Å². The van der Waals surface area contributed by atoms with Gasteiger partial charge in [-0.15, -0.1) is 13.2 Å². The van der Waals surface area contributed by atoms with Gasteiger partial charge in [-0.25, -0.2) is 0 Å². The minimum atomic E-state index is -4.94. The van der Waals surface area contributed by atoms with Gasteiger partial charge < -0.3 is 14.6 Å². The molecule has 0 radical (unpaired) electrons. The molecular formula is C28H24F3NO5. The van der Waals surface area contributed by atoms with E-state index >= 15 is 0 Å². The van der Waals surface area contributed by atoms with Crippen LogP contribution < -0.4 is 14.4 Å². The molecule has 1 heterocycles. The van der Waals surface area contributed by atoms with Crippen LogP contribution in [0.5, 0.6) is 11.5 Å². The number of hydrogen-bond acceptors (Lipinski definition) is 5. The number of halogens is 3. The van der Waals surface area contributed by atoms with E-state index in [-0.39, 0.29) is 16.8 Å². The molecule has 1 atom stereocenters. The number of Topliss-reactive ketones (excluding diaryl/α,β-unsaturated/α-hetero) is 1. The van der Waals surface area contributed by atoms with Crippen molar-refractivity contribution >= 4 is 23.1 Å². The van der Waals surface area contributed by atoms with Crippen LogP contribution in [-0.4, -0.2) is 30.3 Å². The summed E-state index contributed by atoms with van der Waals surface area (Å²) in [5, 5.41) is 11.5. The van der Waals surface area contributed by atoms with Crippen molar-refractivity contribution in [2.24, 2.45) is 0 Å². The predicted molar refractivity (Wildman–Crippen MR) is 132 cm³/mol. The molecule has 9 heteroatoms. The summed E-state index contributed by atoms with van der Waals surface area (Å²) >= 11 is 0. The van der Waals surface area contributed by atoms with E-state index in [4.69, 9.17) is 4.74 Å². The molecule has 1 aliphatic heterocycles. The van der Waals surface area contributed by atoms with Crippen molar-refractivity contribution in [3.05, 3.63) is 94.1 Å². The van der Waals surface area contributed by atoms with Crippen LogP contribution >= 0.6 is 0 Å². The molecule has 6 nitrogen and oxygen atoms in total. The molecule has 3 aromatic carbocycles. The Bertz CT molecular complexity index is 1430. The number of amides is 1. The highest BCUT2D eigenvalue weighted by Gasteiger charge is 2.47. The maximum atomic E-state index is 13.4. The summed E-state index contributed by atoms with van der Waals surface area (Å²) < 4.78 is 48.1. The van der Waals surface area contributed by atoms with Gasteiger partial charge in [-0.2, -0.15) is 0 Å². The third kappa shape index (κ3) is 5.02. The number of carbonyl (C=O) groups is 2. The highest BCUT2D eigenvalue weighted by molar-refractivity contribution is 6.51. The van der Waals surface area contributed by atoms with E-state index in [1.807, 2.05) is 26.0 Å². The highest BCUT2D eigenvalue weighted by atomic mass is 19.4. The maximum Gasteiger partial charge on any atom is 0.573 e. The second-order valence-electron chi connectivity index (χ2n) is 8.79. The van der Waals surface area contributed by atoms with Crippen LogP contribution in [-0.2, 0) is 9.59 Å². The lowest BCUT2D eigenvalue weighted by atomic mass is 9.93. The number of carbonyl (C=O) groups excluding carboxylic acids is 2. The first-order chi connectivity index (χ1) is 17.4. The van der Waals surface area contributed by atoms with Gasteiger partial charge in [-0.3, -0.25) is 14.5 Å². The van der Waals surface area contributed by atoms with Gasteiger partial charge in [0.25, 0.3) is 11.7 Å². The SMILES string of the molecule is COc1c(C)cc(C)cc1/C(O)=C1\C(=O)C(=O)N(c2cccc(OC(F)(F)F)c2)C1c1cccc(C)c1. The third-order valence-electron chi connectivity index (χ3n) is 6.01. The molecule has 37 heavy (non-hydrogen) atoms. The fourth-order valence-corrected chi connectivity index (χ4v) is 4.63. The highest BCUT2D eigenvalue weighted by Crippen LogP contribution is 2.44. The van der Waals surface area contributed by atoms with Crippen LogP contribution in [0.25, 0.3) is 5.76 Å². The lowest BCUT2D eigenvalue weighted by Crippen LogP contribution is -2.29. The number of aliphatic hydroxyl groups excluding tert-OH is 1. The number of benzene rings is 3. The van der Waals surface area contributed by atoms with E-state index < -0.39 is 35.6 Å². The van der Waals surface area contributed by atoms with Gasteiger partial charge in [0.15, 0.2) is 0 Å². The van der Waals surface area contributed by atoms with Gasteiger partial charge >= 0.3 is 6.36 Å². The lowest BCUT2D eigenvalue weighted by molar-refractivity contribution is -0.274. The summed E-state index contributed by atoms with van der Waals surface area (Å²) in [6.07, 6.45) is -4.94. The van der Waals surface area contributed by atoms with Crippen molar-refractivity contribution in [2.45, 2.75) is 33.2 Å². The molecule has 192 valence electrons. The van der Waals surface area contributed by atoms with Crippen molar-refractivity contribution in [3.8, 4) is 11.5 Å². The summed E-state index contributed by atoms with van der Waals surface area (Å²) in [6.45, 7) is 5.41. The Morgan fingerprint density at radius 3 is 2.30 bits per heavy atom. The number of alkyl halides is 3. The number of hydrogen-bond donors (Lipinski definition) is 1. The van der Waals surface area contributed by atoms with Crippen molar-refractivity contribution < 1.29 is 37.3 Å². The second-order valence-corrected chi connectivity index (χ2v) is 8.79. The number of aliphatic hydroxyl groups is 1. The summed E-state index contributed by atoms with van der Waals surface area (Å²) in [4.78, 5) is 27.8. The lowest BCUT2D eigenvalue weighted by Gasteiger charge is -2.26. The fraction of sp³-hybridized carbons (Fsp3) is 0.214. The zero-order valence-electron chi connectivity index (χ0n) is 20.5. The Labute approximate surface area is 211 Å². The third-order valence-corrected chi connectivity index (χ3v) is 6.01. The Morgan fingerprint density at radius 2 is 1.65 bits per heavy atom. The van der Waals surface area contributed by atoms with Crippen LogP contribution in [0.3, 0.4) is 0 Å². The Hall–Kier alpha value is -4.27. The van der Waals surface area contributed by atoms with Gasteiger partial charge in [-0.1, -0.05) is 42.0 Å². The molecule has 0 bridgehead atoms. The number of ketones is 1. The Kier molecular flexibility index (Phi) is 6.73. The summed E-state index contributed by atoms with van der Waals surface area (Å²) in [5.74, 6) is -2.64. The summed E-state index contributed by atoms with van der Waals surface area (Å²) in [5.41, 5.74) is 2.83. The number of rotatable bonds is 5. The smallest absolute Gasteiger partial charge is 0.507 e. The molecule has 1 fully saturated rings. The first-order valence-electron chi connectivity index (χ1n) is 11.3. The number of nitrogens with zero attached hydrogens (tertiary/aromatic N) is 1. The molecule has 1 N–H and O–H groups in total. The maximum absolute atomic E-state index is 13.4. The molecule has 1 aliphatic rings. The molecule has 0 spiro atoms.